The lowest BCUT2D eigenvalue weighted by Crippen LogP contribution is -2.15. The molecule has 0 amide bonds. The third kappa shape index (κ3) is 2.50. The molecule has 3 rings (SSSR count). The Hall–Kier alpha value is -2.33. The molecule has 1 aromatic heterocycles. The van der Waals surface area contributed by atoms with E-state index < -0.39 is 6.04 Å². The van der Waals surface area contributed by atoms with Crippen molar-refractivity contribution in [2.45, 2.75) is 19.9 Å². The molecule has 0 spiro atoms. The predicted octanol–water partition coefficient (Wildman–Crippen LogP) is 3.43. The van der Waals surface area contributed by atoms with Gasteiger partial charge >= 0.3 is 0 Å². The summed E-state index contributed by atoms with van der Waals surface area (Å²) < 4.78 is 14.3. The van der Waals surface area contributed by atoms with Crippen LogP contribution in [0.2, 0.25) is 0 Å². The number of benzene rings is 2. The van der Waals surface area contributed by atoms with Gasteiger partial charge in [0.15, 0.2) is 0 Å². The van der Waals surface area contributed by atoms with E-state index in [0.29, 0.717) is 5.56 Å². The van der Waals surface area contributed by atoms with Gasteiger partial charge in [-0.05, 0) is 48.7 Å². The van der Waals surface area contributed by atoms with Crippen LogP contribution in [0.25, 0.3) is 11.0 Å². The number of nitrogens with two attached hydrogens (primary N) is 1. The molecular formula is C17H16FN3. The Balaban J connectivity index is 2.10. The van der Waals surface area contributed by atoms with Gasteiger partial charge in [0.05, 0.1) is 17.1 Å². The van der Waals surface area contributed by atoms with Crippen LogP contribution in [0.1, 0.15) is 28.3 Å². The largest absolute Gasteiger partial charge is 0.320 e. The summed E-state index contributed by atoms with van der Waals surface area (Å²) in [5.41, 5.74) is 10.9. The van der Waals surface area contributed by atoms with E-state index in [2.05, 4.69) is 9.97 Å². The lowest BCUT2D eigenvalue weighted by molar-refractivity contribution is 0.596. The van der Waals surface area contributed by atoms with E-state index in [1.165, 1.54) is 6.07 Å². The second-order valence-electron chi connectivity index (χ2n) is 5.26. The molecule has 2 N–H and O–H groups in total. The molecular weight excluding hydrogens is 265 g/mol. The normalized spacial score (nSPS) is 12.6. The van der Waals surface area contributed by atoms with Crippen molar-refractivity contribution >= 4 is 11.0 Å². The molecule has 3 aromatic rings. The van der Waals surface area contributed by atoms with Crippen LogP contribution in [0.5, 0.6) is 0 Å². The third-order valence-electron chi connectivity index (χ3n) is 3.64. The number of rotatable bonds is 2. The third-order valence-corrected chi connectivity index (χ3v) is 3.64. The van der Waals surface area contributed by atoms with Gasteiger partial charge in [0.25, 0.3) is 0 Å². The van der Waals surface area contributed by atoms with Gasteiger partial charge < -0.3 is 5.73 Å². The molecule has 0 aliphatic rings. The maximum absolute atomic E-state index is 14.3. The van der Waals surface area contributed by atoms with Crippen molar-refractivity contribution in [1.29, 1.82) is 0 Å². The Morgan fingerprint density at radius 1 is 1.00 bits per heavy atom. The van der Waals surface area contributed by atoms with E-state index in [0.717, 1.165) is 27.7 Å². The first-order valence-electron chi connectivity index (χ1n) is 6.79. The molecule has 3 nitrogen and oxygen atoms in total. The van der Waals surface area contributed by atoms with E-state index in [1.54, 1.807) is 12.4 Å². The first-order chi connectivity index (χ1) is 10.1. The van der Waals surface area contributed by atoms with Crippen LogP contribution in [0.3, 0.4) is 0 Å². The van der Waals surface area contributed by atoms with Crippen LogP contribution in [-0.4, -0.2) is 9.97 Å². The number of hydrogen-bond acceptors (Lipinski definition) is 3. The molecule has 0 fully saturated rings. The number of aromatic nitrogens is 2. The molecule has 0 aliphatic heterocycles. The molecule has 1 atom stereocenters. The first-order valence-corrected chi connectivity index (χ1v) is 6.79. The summed E-state index contributed by atoms with van der Waals surface area (Å²) in [5.74, 6) is -0.265. The minimum Gasteiger partial charge on any atom is -0.320 e. The topological polar surface area (TPSA) is 51.8 Å². The molecule has 106 valence electrons. The van der Waals surface area contributed by atoms with Gasteiger partial charge in [0.1, 0.15) is 5.82 Å². The summed E-state index contributed by atoms with van der Waals surface area (Å²) in [4.78, 5) is 8.49. The fourth-order valence-corrected chi connectivity index (χ4v) is 2.66. The first kappa shape index (κ1) is 13.6. The monoisotopic (exact) mass is 281 g/mol. The van der Waals surface area contributed by atoms with Gasteiger partial charge in [0, 0.05) is 18.0 Å². The summed E-state index contributed by atoms with van der Waals surface area (Å²) >= 11 is 0. The van der Waals surface area contributed by atoms with Crippen molar-refractivity contribution < 1.29 is 4.39 Å². The average molecular weight is 281 g/mol. The quantitative estimate of drug-likeness (QED) is 0.783. The van der Waals surface area contributed by atoms with E-state index in [1.807, 2.05) is 38.1 Å². The minimum atomic E-state index is -0.517. The SMILES string of the molecule is Cc1cc(C)c(C(N)c2ccc3nccnc3c2)c(F)c1. The summed E-state index contributed by atoms with van der Waals surface area (Å²) in [6.45, 7) is 3.75. The van der Waals surface area contributed by atoms with Gasteiger partial charge in [-0.2, -0.15) is 0 Å². The lowest BCUT2D eigenvalue weighted by atomic mass is 9.93. The fourth-order valence-electron chi connectivity index (χ4n) is 2.66. The van der Waals surface area contributed by atoms with E-state index in [4.69, 9.17) is 5.73 Å². The van der Waals surface area contributed by atoms with Gasteiger partial charge in [-0.1, -0.05) is 12.1 Å². The van der Waals surface area contributed by atoms with Crippen molar-refractivity contribution in [2.75, 3.05) is 0 Å². The summed E-state index contributed by atoms with van der Waals surface area (Å²) in [6, 6.07) is 8.55. The Bertz CT molecular complexity index is 791. The second-order valence-corrected chi connectivity index (χ2v) is 5.26. The van der Waals surface area contributed by atoms with Crippen LogP contribution in [-0.2, 0) is 0 Å². The van der Waals surface area contributed by atoms with Crippen LogP contribution in [0, 0.1) is 19.7 Å². The van der Waals surface area contributed by atoms with Gasteiger partial charge in [-0.15, -0.1) is 0 Å². The van der Waals surface area contributed by atoms with Gasteiger partial charge in [-0.3, -0.25) is 9.97 Å². The maximum Gasteiger partial charge on any atom is 0.128 e. The Kier molecular flexibility index (Phi) is 3.39. The fraction of sp³-hybridized carbons (Fsp3) is 0.176. The van der Waals surface area contributed by atoms with Gasteiger partial charge in [0.2, 0.25) is 0 Å². The van der Waals surface area contributed by atoms with Crippen molar-refractivity contribution in [2.24, 2.45) is 5.73 Å². The molecule has 4 heteroatoms. The molecule has 0 bridgehead atoms. The summed E-state index contributed by atoms with van der Waals surface area (Å²) in [7, 11) is 0. The standard InChI is InChI=1S/C17H16FN3/c1-10-7-11(2)16(13(18)8-10)17(19)12-3-4-14-15(9-12)21-6-5-20-14/h3-9,17H,19H2,1-2H3. The molecule has 0 radical (unpaired) electrons. The number of hydrogen-bond donors (Lipinski definition) is 1. The van der Waals surface area contributed by atoms with E-state index in [-0.39, 0.29) is 5.82 Å². The predicted molar refractivity (Wildman–Crippen MR) is 81.4 cm³/mol. The number of nitrogens with zero attached hydrogens (tertiary/aromatic N) is 2. The molecule has 0 saturated heterocycles. The zero-order valence-corrected chi connectivity index (χ0v) is 12.0. The van der Waals surface area contributed by atoms with Crippen molar-refractivity contribution in [3.63, 3.8) is 0 Å². The zero-order valence-electron chi connectivity index (χ0n) is 12.0. The minimum absolute atomic E-state index is 0.265. The molecule has 0 saturated carbocycles. The Morgan fingerprint density at radius 3 is 2.43 bits per heavy atom. The van der Waals surface area contributed by atoms with Crippen molar-refractivity contribution in [3.8, 4) is 0 Å². The molecule has 1 heterocycles. The maximum atomic E-state index is 14.3. The highest BCUT2D eigenvalue weighted by Gasteiger charge is 2.17. The second kappa shape index (κ2) is 5.22. The highest BCUT2D eigenvalue weighted by atomic mass is 19.1. The van der Waals surface area contributed by atoms with Crippen LogP contribution in [0.4, 0.5) is 4.39 Å². The number of aryl methyl sites for hydroxylation is 2. The lowest BCUT2D eigenvalue weighted by Gasteiger charge is -2.17. The molecule has 1 unspecified atom stereocenters. The summed E-state index contributed by atoms with van der Waals surface area (Å²) in [5, 5.41) is 0. The van der Waals surface area contributed by atoms with Crippen molar-refractivity contribution in [3.05, 3.63) is 70.8 Å². The highest BCUT2D eigenvalue weighted by Crippen LogP contribution is 2.27. The molecule has 2 aromatic carbocycles. The summed E-state index contributed by atoms with van der Waals surface area (Å²) in [6.07, 6.45) is 3.28. The Morgan fingerprint density at radius 2 is 1.71 bits per heavy atom. The number of halogens is 1. The molecule has 0 aliphatic carbocycles. The van der Waals surface area contributed by atoms with Crippen LogP contribution >= 0.6 is 0 Å². The van der Waals surface area contributed by atoms with E-state index >= 15 is 0 Å². The zero-order chi connectivity index (χ0) is 15.0. The molecule has 21 heavy (non-hydrogen) atoms. The van der Waals surface area contributed by atoms with E-state index in [9.17, 15) is 4.39 Å². The van der Waals surface area contributed by atoms with Crippen LogP contribution in [0.15, 0.2) is 42.7 Å². The van der Waals surface area contributed by atoms with Gasteiger partial charge in [-0.25, -0.2) is 4.39 Å². The number of fused-ring (bicyclic) bond motifs is 1. The Labute approximate surface area is 122 Å². The smallest absolute Gasteiger partial charge is 0.128 e. The highest BCUT2D eigenvalue weighted by molar-refractivity contribution is 5.74. The van der Waals surface area contributed by atoms with Crippen LogP contribution < -0.4 is 5.73 Å². The van der Waals surface area contributed by atoms with Crippen molar-refractivity contribution in [1.82, 2.24) is 9.97 Å². The average Bonchev–Trinajstić information content (AvgIpc) is 2.45.